The average molecular weight is 331 g/mol. The number of ether oxygens (including phenoxy) is 1. The summed E-state index contributed by atoms with van der Waals surface area (Å²) in [6.07, 6.45) is 4.28. The second-order valence-corrected chi connectivity index (χ2v) is 6.48. The Hall–Kier alpha value is -2.01. The Kier molecular flexibility index (Phi) is 7.12. The molecule has 0 radical (unpaired) electrons. The van der Waals surface area contributed by atoms with E-state index in [4.69, 9.17) is 4.74 Å². The molecule has 1 aliphatic heterocycles. The highest BCUT2D eigenvalue weighted by atomic mass is 16.5. The lowest BCUT2D eigenvalue weighted by molar-refractivity contribution is -0.120. The molecule has 1 aliphatic rings. The molecule has 5 heteroatoms. The zero-order valence-corrected chi connectivity index (χ0v) is 15.0. The summed E-state index contributed by atoms with van der Waals surface area (Å²) in [5.41, 5.74) is 2.19. The second-order valence-electron chi connectivity index (χ2n) is 6.48. The standard InChI is InChI=1S/C19H29N3O2/c1-15(2)8-11-22-12-9-16(10-13-22)21-19(23)14-20-17-6-4-5-7-18(17)24-3/h4-8,16,20H,9-14H2,1-3H3,(H,21,23). The Bertz CT molecular complexity index is 559. The first-order valence-corrected chi connectivity index (χ1v) is 8.60. The number of hydrogen-bond donors (Lipinski definition) is 2. The number of benzene rings is 1. The molecule has 1 aromatic rings. The van der Waals surface area contributed by atoms with Crippen molar-refractivity contribution in [1.29, 1.82) is 0 Å². The molecule has 2 rings (SSSR count). The fraction of sp³-hybridized carbons (Fsp3) is 0.526. The van der Waals surface area contributed by atoms with E-state index in [-0.39, 0.29) is 18.5 Å². The first-order valence-electron chi connectivity index (χ1n) is 8.60. The fourth-order valence-corrected chi connectivity index (χ4v) is 2.82. The van der Waals surface area contributed by atoms with Gasteiger partial charge in [-0.05, 0) is 38.8 Å². The highest BCUT2D eigenvalue weighted by molar-refractivity contribution is 5.81. The molecule has 0 saturated carbocycles. The van der Waals surface area contributed by atoms with Crippen LogP contribution in [0.2, 0.25) is 0 Å². The van der Waals surface area contributed by atoms with Crippen molar-refractivity contribution in [3.8, 4) is 5.75 Å². The highest BCUT2D eigenvalue weighted by Crippen LogP contribution is 2.22. The minimum atomic E-state index is 0.0312. The van der Waals surface area contributed by atoms with Crippen LogP contribution in [0, 0.1) is 0 Å². The molecule has 132 valence electrons. The van der Waals surface area contributed by atoms with Gasteiger partial charge in [-0.3, -0.25) is 9.69 Å². The summed E-state index contributed by atoms with van der Waals surface area (Å²) in [6, 6.07) is 7.90. The van der Waals surface area contributed by atoms with E-state index in [1.807, 2.05) is 24.3 Å². The molecule has 1 aromatic carbocycles. The van der Waals surface area contributed by atoms with Crippen molar-refractivity contribution in [3.63, 3.8) is 0 Å². The lowest BCUT2D eigenvalue weighted by Gasteiger charge is -2.31. The monoisotopic (exact) mass is 331 g/mol. The molecular formula is C19H29N3O2. The third kappa shape index (κ3) is 5.89. The van der Waals surface area contributed by atoms with Crippen LogP contribution in [0.5, 0.6) is 5.75 Å². The van der Waals surface area contributed by atoms with Gasteiger partial charge in [0, 0.05) is 25.7 Å². The van der Waals surface area contributed by atoms with Gasteiger partial charge < -0.3 is 15.4 Å². The maximum Gasteiger partial charge on any atom is 0.239 e. The Morgan fingerprint density at radius 1 is 1.29 bits per heavy atom. The number of nitrogens with zero attached hydrogens (tertiary/aromatic N) is 1. The van der Waals surface area contributed by atoms with Crippen LogP contribution in [-0.2, 0) is 4.79 Å². The Labute approximate surface area is 145 Å². The summed E-state index contributed by atoms with van der Waals surface area (Å²) in [4.78, 5) is 14.6. The van der Waals surface area contributed by atoms with Gasteiger partial charge in [0.05, 0.1) is 19.3 Å². The molecule has 1 saturated heterocycles. The number of nitrogens with one attached hydrogen (secondary N) is 2. The number of rotatable bonds is 7. The zero-order valence-electron chi connectivity index (χ0n) is 15.0. The lowest BCUT2D eigenvalue weighted by Crippen LogP contribution is -2.46. The van der Waals surface area contributed by atoms with Crippen molar-refractivity contribution >= 4 is 11.6 Å². The first kappa shape index (κ1) is 18.3. The van der Waals surface area contributed by atoms with Crippen LogP contribution in [0.1, 0.15) is 26.7 Å². The number of likely N-dealkylation sites (tertiary alicyclic amines) is 1. The predicted octanol–water partition coefficient (Wildman–Crippen LogP) is 2.65. The lowest BCUT2D eigenvalue weighted by atomic mass is 10.0. The van der Waals surface area contributed by atoms with Crippen molar-refractivity contribution in [2.24, 2.45) is 0 Å². The summed E-state index contributed by atoms with van der Waals surface area (Å²) in [5, 5.41) is 6.27. The molecule has 5 nitrogen and oxygen atoms in total. The molecule has 0 aromatic heterocycles. The van der Waals surface area contributed by atoms with E-state index in [9.17, 15) is 4.79 Å². The largest absolute Gasteiger partial charge is 0.495 e. The van der Waals surface area contributed by atoms with Crippen molar-refractivity contribution < 1.29 is 9.53 Å². The van der Waals surface area contributed by atoms with E-state index in [1.54, 1.807) is 7.11 Å². The van der Waals surface area contributed by atoms with Gasteiger partial charge in [-0.15, -0.1) is 0 Å². The molecule has 1 heterocycles. The Morgan fingerprint density at radius 2 is 2.00 bits per heavy atom. The van der Waals surface area contributed by atoms with E-state index < -0.39 is 0 Å². The van der Waals surface area contributed by atoms with Gasteiger partial charge in [0.1, 0.15) is 5.75 Å². The second kappa shape index (κ2) is 9.33. The third-order valence-corrected chi connectivity index (χ3v) is 4.26. The quantitative estimate of drug-likeness (QED) is 0.754. The topological polar surface area (TPSA) is 53.6 Å². The summed E-state index contributed by atoms with van der Waals surface area (Å²) in [7, 11) is 1.63. The Morgan fingerprint density at radius 3 is 2.67 bits per heavy atom. The molecule has 0 spiro atoms. The molecule has 1 fully saturated rings. The number of anilines is 1. The average Bonchev–Trinajstić information content (AvgIpc) is 2.59. The van der Waals surface area contributed by atoms with Gasteiger partial charge in [-0.1, -0.05) is 23.8 Å². The van der Waals surface area contributed by atoms with Crippen LogP contribution < -0.4 is 15.4 Å². The van der Waals surface area contributed by atoms with Crippen molar-refractivity contribution in [1.82, 2.24) is 10.2 Å². The van der Waals surface area contributed by atoms with Gasteiger partial charge in [-0.2, -0.15) is 0 Å². The summed E-state index contributed by atoms with van der Waals surface area (Å²) in [5.74, 6) is 0.779. The Balaban J connectivity index is 1.71. The summed E-state index contributed by atoms with van der Waals surface area (Å²) < 4.78 is 5.27. The van der Waals surface area contributed by atoms with Crippen molar-refractivity contribution in [2.45, 2.75) is 32.7 Å². The normalized spacial score (nSPS) is 15.6. The van der Waals surface area contributed by atoms with Gasteiger partial charge in [0.25, 0.3) is 0 Å². The number of methoxy groups -OCH3 is 1. The number of piperidine rings is 1. The molecular weight excluding hydrogens is 302 g/mol. The smallest absolute Gasteiger partial charge is 0.239 e. The van der Waals surface area contributed by atoms with Crippen LogP contribution in [-0.4, -0.2) is 50.1 Å². The SMILES string of the molecule is COc1ccccc1NCC(=O)NC1CCN(CC=C(C)C)CC1. The molecule has 0 bridgehead atoms. The van der Waals surface area contributed by atoms with Gasteiger partial charge >= 0.3 is 0 Å². The number of amides is 1. The van der Waals surface area contributed by atoms with E-state index >= 15 is 0 Å². The molecule has 0 unspecified atom stereocenters. The number of para-hydroxylation sites is 2. The van der Waals surface area contributed by atoms with Crippen LogP contribution in [0.4, 0.5) is 5.69 Å². The van der Waals surface area contributed by atoms with Crippen LogP contribution in [0.15, 0.2) is 35.9 Å². The van der Waals surface area contributed by atoms with E-state index in [0.717, 1.165) is 43.9 Å². The maximum atomic E-state index is 12.1. The minimum Gasteiger partial charge on any atom is -0.495 e. The highest BCUT2D eigenvalue weighted by Gasteiger charge is 2.19. The van der Waals surface area contributed by atoms with Gasteiger partial charge in [0.15, 0.2) is 0 Å². The van der Waals surface area contributed by atoms with Crippen LogP contribution >= 0.6 is 0 Å². The van der Waals surface area contributed by atoms with Gasteiger partial charge in [-0.25, -0.2) is 0 Å². The predicted molar refractivity (Wildman–Crippen MR) is 98.5 cm³/mol. The first-order chi connectivity index (χ1) is 11.6. The fourth-order valence-electron chi connectivity index (χ4n) is 2.82. The van der Waals surface area contributed by atoms with Crippen LogP contribution in [0.3, 0.4) is 0 Å². The molecule has 2 N–H and O–H groups in total. The summed E-state index contributed by atoms with van der Waals surface area (Å²) >= 11 is 0. The van der Waals surface area contributed by atoms with Crippen molar-refractivity contribution in [3.05, 3.63) is 35.9 Å². The van der Waals surface area contributed by atoms with Crippen LogP contribution in [0.25, 0.3) is 0 Å². The molecule has 0 aliphatic carbocycles. The molecule has 1 amide bonds. The zero-order chi connectivity index (χ0) is 17.4. The van der Waals surface area contributed by atoms with E-state index in [0.29, 0.717) is 0 Å². The minimum absolute atomic E-state index is 0.0312. The van der Waals surface area contributed by atoms with E-state index in [1.165, 1.54) is 5.57 Å². The van der Waals surface area contributed by atoms with Crippen molar-refractivity contribution in [2.75, 3.05) is 38.6 Å². The maximum absolute atomic E-state index is 12.1. The van der Waals surface area contributed by atoms with E-state index in [2.05, 4.69) is 35.5 Å². The van der Waals surface area contributed by atoms with Gasteiger partial charge in [0.2, 0.25) is 5.91 Å². The number of carbonyl (C=O) groups is 1. The number of hydrogen-bond acceptors (Lipinski definition) is 4. The number of carbonyl (C=O) groups excluding carboxylic acids is 1. The number of allylic oxidation sites excluding steroid dienone is 1. The summed E-state index contributed by atoms with van der Waals surface area (Å²) in [6.45, 7) is 7.60. The molecule has 0 atom stereocenters. The molecule has 24 heavy (non-hydrogen) atoms. The third-order valence-electron chi connectivity index (χ3n) is 4.26.